The lowest BCUT2D eigenvalue weighted by atomic mass is 10.1. The summed E-state index contributed by atoms with van der Waals surface area (Å²) in [7, 11) is -1.66. The summed E-state index contributed by atoms with van der Waals surface area (Å²) in [5.41, 5.74) is 1.96. The number of anilines is 1. The van der Waals surface area contributed by atoms with Gasteiger partial charge in [0.1, 0.15) is 12.4 Å². The molecule has 0 aliphatic carbocycles. The van der Waals surface area contributed by atoms with E-state index in [2.05, 4.69) is 21.8 Å². The number of fused-ring (bicyclic) bond motifs is 1. The van der Waals surface area contributed by atoms with Gasteiger partial charge in [0.15, 0.2) is 0 Å². The van der Waals surface area contributed by atoms with Crippen molar-refractivity contribution in [1.82, 2.24) is 9.62 Å². The minimum Gasteiger partial charge on any atom is -0.490 e. The number of benzene rings is 2. The molecule has 7 heteroatoms. The van der Waals surface area contributed by atoms with Crippen LogP contribution in [0.25, 0.3) is 0 Å². The van der Waals surface area contributed by atoms with Gasteiger partial charge in [0.2, 0.25) is 10.0 Å². The van der Waals surface area contributed by atoms with E-state index in [-0.39, 0.29) is 10.9 Å². The number of hydrogen-bond donors (Lipinski definition) is 1. The van der Waals surface area contributed by atoms with E-state index in [0.29, 0.717) is 13.2 Å². The van der Waals surface area contributed by atoms with Gasteiger partial charge in [-0.25, -0.2) is 13.1 Å². The van der Waals surface area contributed by atoms with Crippen LogP contribution in [0.15, 0.2) is 53.4 Å². The smallest absolute Gasteiger partial charge is 0.240 e. The zero-order valence-corrected chi connectivity index (χ0v) is 17.0. The molecule has 1 saturated heterocycles. The normalized spacial score (nSPS) is 18.5. The fourth-order valence-electron chi connectivity index (χ4n) is 3.96. The molecule has 0 saturated carbocycles. The van der Waals surface area contributed by atoms with Crippen LogP contribution >= 0.6 is 0 Å². The fraction of sp³-hybridized carbons (Fsp3) is 0.429. The first kappa shape index (κ1) is 19.2. The number of ether oxygens (including phenoxy) is 1. The summed E-state index contributed by atoms with van der Waals surface area (Å²) in [5, 5.41) is 0. The molecule has 2 aromatic carbocycles. The second-order valence-corrected chi connectivity index (χ2v) is 9.19. The van der Waals surface area contributed by atoms with Gasteiger partial charge in [0.05, 0.1) is 17.1 Å². The summed E-state index contributed by atoms with van der Waals surface area (Å²) in [6, 6.07) is 15.2. The number of rotatable bonds is 6. The van der Waals surface area contributed by atoms with E-state index in [9.17, 15) is 8.42 Å². The Kier molecular flexibility index (Phi) is 5.57. The number of sulfonamides is 1. The van der Waals surface area contributed by atoms with E-state index >= 15 is 0 Å². The van der Waals surface area contributed by atoms with Gasteiger partial charge in [-0.3, -0.25) is 4.90 Å². The second kappa shape index (κ2) is 8.11. The molecule has 0 radical (unpaired) electrons. The lowest BCUT2D eigenvalue weighted by Crippen LogP contribution is -2.37. The highest BCUT2D eigenvalue weighted by Gasteiger charge is 2.26. The van der Waals surface area contributed by atoms with E-state index < -0.39 is 10.0 Å². The molecule has 2 heterocycles. The van der Waals surface area contributed by atoms with Crippen LogP contribution in [0.4, 0.5) is 5.69 Å². The first-order chi connectivity index (χ1) is 13.5. The van der Waals surface area contributed by atoms with E-state index in [1.165, 1.54) is 0 Å². The van der Waals surface area contributed by atoms with Crippen molar-refractivity contribution < 1.29 is 13.2 Å². The molecule has 0 aromatic heterocycles. The molecule has 6 nitrogen and oxygen atoms in total. The molecule has 1 unspecified atom stereocenters. The van der Waals surface area contributed by atoms with Gasteiger partial charge in [-0.1, -0.05) is 30.3 Å². The maximum Gasteiger partial charge on any atom is 0.240 e. The molecule has 0 bridgehead atoms. The molecular weight excluding hydrogens is 374 g/mol. The molecule has 1 atom stereocenters. The van der Waals surface area contributed by atoms with Crippen LogP contribution in [0.5, 0.6) is 5.75 Å². The van der Waals surface area contributed by atoms with Gasteiger partial charge in [0, 0.05) is 19.6 Å². The molecule has 28 heavy (non-hydrogen) atoms. The van der Waals surface area contributed by atoms with Crippen LogP contribution in [0, 0.1) is 0 Å². The van der Waals surface area contributed by atoms with Crippen LogP contribution in [0.2, 0.25) is 0 Å². The monoisotopic (exact) mass is 401 g/mol. The molecule has 4 rings (SSSR count). The third kappa shape index (κ3) is 4.01. The van der Waals surface area contributed by atoms with Crippen molar-refractivity contribution in [2.45, 2.75) is 23.8 Å². The van der Waals surface area contributed by atoms with Gasteiger partial charge >= 0.3 is 0 Å². The van der Waals surface area contributed by atoms with Gasteiger partial charge in [-0.05, 0) is 49.7 Å². The van der Waals surface area contributed by atoms with Crippen molar-refractivity contribution in [3.8, 4) is 5.75 Å². The Morgan fingerprint density at radius 3 is 2.57 bits per heavy atom. The van der Waals surface area contributed by atoms with Crippen molar-refractivity contribution in [1.29, 1.82) is 0 Å². The van der Waals surface area contributed by atoms with Crippen molar-refractivity contribution >= 4 is 15.7 Å². The summed E-state index contributed by atoms with van der Waals surface area (Å²) in [5.74, 6) is 0.729. The summed E-state index contributed by atoms with van der Waals surface area (Å²) >= 11 is 0. The number of likely N-dealkylation sites (N-methyl/N-ethyl adjacent to an activating group) is 1. The second-order valence-electron chi connectivity index (χ2n) is 7.42. The SMILES string of the molecule is CN1CCOc2ccc(S(=O)(=O)NCC(c3ccccc3)N3CCCC3)cc21. The summed E-state index contributed by atoms with van der Waals surface area (Å²) in [6.45, 7) is 3.72. The Bertz CT molecular complexity index is 912. The lowest BCUT2D eigenvalue weighted by Gasteiger charge is -2.29. The Balaban J connectivity index is 1.54. The summed E-state index contributed by atoms with van der Waals surface area (Å²) < 4.78 is 34.4. The molecule has 2 aromatic rings. The highest BCUT2D eigenvalue weighted by Crippen LogP contribution is 2.33. The highest BCUT2D eigenvalue weighted by atomic mass is 32.2. The van der Waals surface area contributed by atoms with Gasteiger partial charge < -0.3 is 9.64 Å². The number of nitrogens with zero attached hydrogens (tertiary/aromatic N) is 2. The van der Waals surface area contributed by atoms with Gasteiger partial charge in [-0.2, -0.15) is 0 Å². The van der Waals surface area contributed by atoms with Crippen molar-refractivity contribution in [3.05, 3.63) is 54.1 Å². The average Bonchev–Trinajstić information content (AvgIpc) is 3.23. The Morgan fingerprint density at radius 1 is 1.07 bits per heavy atom. The van der Waals surface area contributed by atoms with Crippen molar-refractivity contribution in [2.75, 3.05) is 44.7 Å². The largest absolute Gasteiger partial charge is 0.490 e. The average molecular weight is 402 g/mol. The summed E-state index contributed by atoms with van der Waals surface area (Å²) in [6.07, 6.45) is 2.32. The fourth-order valence-corrected chi connectivity index (χ4v) is 5.01. The molecule has 1 N–H and O–H groups in total. The molecule has 2 aliphatic heterocycles. The third-order valence-corrected chi connectivity index (χ3v) is 6.99. The number of hydrogen-bond acceptors (Lipinski definition) is 5. The Hall–Kier alpha value is -2.09. The highest BCUT2D eigenvalue weighted by molar-refractivity contribution is 7.89. The molecular formula is C21H27N3O3S. The van der Waals surface area contributed by atoms with Gasteiger partial charge in [-0.15, -0.1) is 0 Å². The van der Waals surface area contributed by atoms with Crippen LogP contribution < -0.4 is 14.4 Å². The molecule has 150 valence electrons. The molecule has 2 aliphatic rings. The first-order valence-electron chi connectivity index (χ1n) is 9.81. The minimum atomic E-state index is -3.61. The van der Waals surface area contributed by atoms with Crippen molar-refractivity contribution in [2.24, 2.45) is 0 Å². The summed E-state index contributed by atoms with van der Waals surface area (Å²) in [4.78, 5) is 4.66. The van der Waals surface area contributed by atoms with E-state index in [1.807, 2.05) is 30.1 Å². The van der Waals surface area contributed by atoms with Crippen LogP contribution in [0.3, 0.4) is 0 Å². The standard InChI is InChI=1S/C21H27N3O3S/c1-23-13-14-27-21-10-9-18(15-19(21)23)28(25,26)22-16-20(24-11-5-6-12-24)17-7-3-2-4-8-17/h2-4,7-10,15,20,22H,5-6,11-14,16H2,1H3. The topological polar surface area (TPSA) is 61.9 Å². The number of nitrogens with one attached hydrogen (secondary N) is 1. The number of likely N-dealkylation sites (tertiary alicyclic amines) is 1. The maximum absolute atomic E-state index is 13.0. The van der Waals surface area contributed by atoms with E-state index in [4.69, 9.17) is 4.74 Å². The zero-order valence-electron chi connectivity index (χ0n) is 16.2. The third-order valence-electron chi connectivity index (χ3n) is 5.57. The quantitative estimate of drug-likeness (QED) is 0.806. The lowest BCUT2D eigenvalue weighted by molar-refractivity contribution is 0.246. The van der Waals surface area contributed by atoms with Crippen LogP contribution in [-0.4, -0.2) is 53.2 Å². The zero-order chi connectivity index (χ0) is 19.6. The van der Waals surface area contributed by atoms with Crippen molar-refractivity contribution in [3.63, 3.8) is 0 Å². The van der Waals surface area contributed by atoms with Crippen LogP contribution in [-0.2, 0) is 10.0 Å². The molecule has 0 spiro atoms. The molecule has 0 amide bonds. The van der Waals surface area contributed by atoms with Crippen LogP contribution in [0.1, 0.15) is 24.4 Å². The Morgan fingerprint density at radius 2 is 1.82 bits per heavy atom. The first-order valence-corrected chi connectivity index (χ1v) is 11.3. The predicted molar refractivity (Wildman–Crippen MR) is 110 cm³/mol. The molecule has 1 fully saturated rings. The maximum atomic E-state index is 13.0. The van der Waals surface area contributed by atoms with E-state index in [0.717, 1.165) is 49.5 Å². The predicted octanol–water partition coefficient (Wildman–Crippen LogP) is 2.63. The minimum absolute atomic E-state index is 0.0436. The Labute approximate surface area is 167 Å². The van der Waals surface area contributed by atoms with Gasteiger partial charge in [0.25, 0.3) is 0 Å². The van der Waals surface area contributed by atoms with E-state index in [1.54, 1.807) is 18.2 Å².